The predicted octanol–water partition coefficient (Wildman–Crippen LogP) is 7.89. The van der Waals surface area contributed by atoms with Crippen molar-refractivity contribution in [2.45, 2.75) is 84.7 Å². The summed E-state index contributed by atoms with van der Waals surface area (Å²) in [4.78, 5) is 68.7. The molecule has 0 spiro atoms. The smallest absolute Gasteiger partial charge is 0.306 e. The van der Waals surface area contributed by atoms with E-state index in [0.29, 0.717) is 19.5 Å². The SMILES string of the molecule is COC(=O)C[C@H](C(=O)N1CCC[C@H]1C1=NC=C(c2ccc3cc(-c4ccc5nc([C@@H]6CCCN6C(=O)[C@@H](CC(=O)OC)C(C)C)[nH]c5c4)ccc3c2)C1)C(C)C. The monoisotopic (exact) mass is 759 g/mol. The number of fused-ring (bicyclic) bond motifs is 2. The summed E-state index contributed by atoms with van der Waals surface area (Å²) in [7, 11) is 2.72. The van der Waals surface area contributed by atoms with Gasteiger partial charge in [-0.3, -0.25) is 24.2 Å². The first-order valence-electron chi connectivity index (χ1n) is 20.0. The van der Waals surface area contributed by atoms with Gasteiger partial charge in [-0.05, 0) is 94.8 Å². The van der Waals surface area contributed by atoms with E-state index in [4.69, 9.17) is 19.5 Å². The van der Waals surface area contributed by atoms with Crippen molar-refractivity contribution < 1.29 is 28.7 Å². The lowest BCUT2D eigenvalue weighted by Gasteiger charge is -2.30. The molecule has 3 aromatic carbocycles. The molecule has 0 aliphatic carbocycles. The van der Waals surface area contributed by atoms with Gasteiger partial charge in [0.25, 0.3) is 0 Å². The van der Waals surface area contributed by atoms with Gasteiger partial charge in [0.15, 0.2) is 0 Å². The van der Waals surface area contributed by atoms with E-state index >= 15 is 0 Å². The lowest BCUT2D eigenvalue weighted by atomic mass is 9.90. The Labute approximate surface area is 328 Å². The number of methoxy groups -OCH3 is 2. The summed E-state index contributed by atoms with van der Waals surface area (Å²) in [6.07, 6.45) is 6.28. The fourth-order valence-electron chi connectivity index (χ4n) is 8.68. The van der Waals surface area contributed by atoms with Crippen molar-refractivity contribution in [1.29, 1.82) is 0 Å². The molecule has 0 radical (unpaired) electrons. The number of amides is 2. The van der Waals surface area contributed by atoms with Gasteiger partial charge < -0.3 is 24.3 Å². The van der Waals surface area contributed by atoms with Crippen LogP contribution in [0.3, 0.4) is 0 Å². The largest absolute Gasteiger partial charge is 0.469 e. The first-order valence-corrected chi connectivity index (χ1v) is 20.0. The predicted molar refractivity (Wildman–Crippen MR) is 217 cm³/mol. The normalized spacial score (nSPS) is 19.5. The molecule has 7 rings (SSSR count). The number of aliphatic imine (C=N–C) groups is 1. The maximum atomic E-state index is 13.7. The number of rotatable bonds is 12. The number of hydrogen-bond acceptors (Lipinski definition) is 8. The highest BCUT2D eigenvalue weighted by Crippen LogP contribution is 2.37. The van der Waals surface area contributed by atoms with Crippen molar-refractivity contribution >= 4 is 56.8 Å². The zero-order chi connectivity index (χ0) is 39.7. The van der Waals surface area contributed by atoms with E-state index in [9.17, 15) is 19.2 Å². The van der Waals surface area contributed by atoms with Gasteiger partial charge in [0.05, 0.1) is 62.0 Å². The molecule has 4 heterocycles. The average Bonchev–Trinajstić information content (AvgIpc) is 4.03. The van der Waals surface area contributed by atoms with Crippen LogP contribution in [0.1, 0.15) is 90.1 Å². The van der Waals surface area contributed by atoms with Gasteiger partial charge in [-0.15, -0.1) is 0 Å². The third-order valence-electron chi connectivity index (χ3n) is 12.0. The summed E-state index contributed by atoms with van der Waals surface area (Å²) in [6.45, 7) is 9.22. The highest BCUT2D eigenvalue weighted by Gasteiger charge is 2.39. The Kier molecular flexibility index (Phi) is 11.4. The molecular weight excluding hydrogens is 707 g/mol. The minimum absolute atomic E-state index is 0.00708. The molecule has 294 valence electrons. The van der Waals surface area contributed by atoms with E-state index < -0.39 is 11.8 Å². The summed E-state index contributed by atoms with van der Waals surface area (Å²) >= 11 is 0. The molecule has 0 unspecified atom stereocenters. The van der Waals surface area contributed by atoms with Gasteiger partial charge in [-0.1, -0.05) is 58.0 Å². The minimum atomic E-state index is -0.437. The molecule has 11 heteroatoms. The van der Waals surface area contributed by atoms with Crippen molar-refractivity contribution in [3.05, 3.63) is 72.2 Å². The third kappa shape index (κ3) is 7.86. The number of nitrogens with zero attached hydrogens (tertiary/aromatic N) is 4. The standard InChI is InChI=1S/C45H53N5O6/c1-26(2)34(23-41(51)55-5)44(53)49-17-7-9-39(49)38-22-33(25-46-38)31-14-13-28-19-30(12-11-29(28)20-31)32-15-16-36-37(21-32)48-43(47-36)40-10-8-18-50(40)45(54)35(27(3)4)24-42(52)56-6/h11-16,19-21,25-27,34-35,39-40H,7-10,17-18,22-24H2,1-6H3,(H,47,48)/t34-,35-,39-,40-/m0/s1. The van der Waals surface area contributed by atoms with Crippen LogP contribution in [0.15, 0.2) is 65.8 Å². The van der Waals surface area contributed by atoms with E-state index in [0.717, 1.165) is 81.3 Å². The van der Waals surface area contributed by atoms with Crippen LogP contribution >= 0.6 is 0 Å². The third-order valence-corrected chi connectivity index (χ3v) is 12.0. The van der Waals surface area contributed by atoms with Crippen molar-refractivity contribution in [2.24, 2.45) is 28.7 Å². The molecule has 0 bridgehead atoms. The lowest BCUT2D eigenvalue weighted by Crippen LogP contribution is -2.45. The second-order valence-corrected chi connectivity index (χ2v) is 16.2. The molecule has 4 aromatic rings. The van der Waals surface area contributed by atoms with Crippen LogP contribution in [0.2, 0.25) is 0 Å². The number of likely N-dealkylation sites (tertiary alicyclic amines) is 2. The second-order valence-electron chi connectivity index (χ2n) is 16.2. The summed E-state index contributed by atoms with van der Waals surface area (Å²) in [5.74, 6) is -0.781. The van der Waals surface area contributed by atoms with Gasteiger partial charge in [0, 0.05) is 31.4 Å². The number of imidazole rings is 1. The number of carbonyl (C=O) groups excluding carboxylic acids is 4. The van der Waals surface area contributed by atoms with Crippen molar-refractivity contribution in [2.75, 3.05) is 27.3 Å². The molecule has 1 aromatic heterocycles. The number of allylic oxidation sites excluding steroid dienone is 1. The van der Waals surface area contributed by atoms with E-state index in [1.807, 2.05) is 49.8 Å². The zero-order valence-corrected chi connectivity index (χ0v) is 33.3. The number of benzene rings is 3. The van der Waals surface area contributed by atoms with Crippen molar-refractivity contribution in [1.82, 2.24) is 19.8 Å². The van der Waals surface area contributed by atoms with E-state index in [1.165, 1.54) is 14.2 Å². The van der Waals surface area contributed by atoms with Gasteiger partial charge in [-0.2, -0.15) is 0 Å². The lowest BCUT2D eigenvalue weighted by molar-refractivity contribution is -0.148. The highest BCUT2D eigenvalue weighted by molar-refractivity contribution is 6.04. The van der Waals surface area contributed by atoms with Crippen LogP contribution in [0.25, 0.3) is 38.5 Å². The fraction of sp³-hybridized carbons (Fsp3) is 0.467. The summed E-state index contributed by atoms with van der Waals surface area (Å²) in [6, 6.07) is 19.0. The molecular formula is C45H53N5O6. The molecule has 11 nitrogen and oxygen atoms in total. The average molecular weight is 760 g/mol. The van der Waals surface area contributed by atoms with Gasteiger partial charge in [0.1, 0.15) is 5.82 Å². The van der Waals surface area contributed by atoms with Crippen LogP contribution in [0.4, 0.5) is 0 Å². The quantitative estimate of drug-likeness (QED) is 0.145. The Morgan fingerprint density at radius 3 is 1.88 bits per heavy atom. The van der Waals surface area contributed by atoms with Crippen LogP contribution in [-0.2, 0) is 28.7 Å². The molecule has 0 saturated carbocycles. The summed E-state index contributed by atoms with van der Waals surface area (Å²) in [5.41, 5.74) is 7.16. The Morgan fingerprint density at radius 1 is 0.732 bits per heavy atom. The van der Waals surface area contributed by atoms with Crippen LogP contribution < -0.4 is 0 Å². The maximum Gasteiger partial charge on any atom is 0.306 e. The van der Waals surface area contributed by atoms with Crippen LogP contribution in [-0.4, -0.2) is 82.6 Å². The Balaban J connectivity index is 1.04. The van der Waals surface area contributed by atoms with Crippen LogP contribution in [0.5, 0.6) is 0 Å². The number of esters is 2. The molecule has 1 N–H and O–H groups in total. The van der Waals surface area contributed by atoms with E-state index in [-0.39, 0.29) is 60.5 Å². The van der Waals surface area contributed by atoms with E-state index in [2.05, 4.69) is 53.5 Å². The summed E-state index contributed by atoms with van der Waals surface area (Å²) in [5, 5.41) is 2.25. The zero-order valence-electron chi connectivity index (χ0n) is 33.3. The first kappa shape index (κ1) is 38.9. The number of carbonyl (C=O) groups is 4. The Morgan fingerprint density at radius 2 is 1.27 bits per heavy atom. The number of H-pyrrole nitrogens is 1. The number of hydrogen-bond donors (Lipinski definition) is 1. The maximum absolute atomic E-state index is 13.7. The van der Waals surface area contributed by atoms with Gasteiger partial charge in [0.2, 0.25) is 11.8 Å². The number of aromatic amines is 1. The molecule has 2 fully saturated rings. The fourth-order valence-corrected chi connectivity index (χ4v) is 8.68. The minimum Gasteiger partial charge on any atom is -0.469 e. The Hall–Kier alpha value is -5.32. The van der Waals surface area contributed by atoms with Gasteiger partial charge in [-0.25, -0.2) is 4.98 Å². The number of aromatic nitrogens is 2. The molecule has 3 aliphatic rings. The second kappa shape index (κ2) is 16.4. The number of ether oxygens (including phenoxy) is 2. The van der Waals surface area contributed by atoms with Crippen molar-refractivity contribution in [3.8, 4) is 11.1 Å². The molecule has 3 aliphatic heterocycles. The Bertz CT molecular complexity index is 2220. The van der Waals surface area contributed by atoms with Gasteiger partial charge >= 0.3 is 11.9 Å². The molecule has 56 heavy (non-hydrogen) atoms. The van der Waals surface area contributed by atoms with Crippen molar-refractivity contribution in [3.63, 3.8) is 0 Å². The topological polar surface area (TPSA) is 134 Å². The first-order chi connectivity index (χ1) is 26.9. The van der Waals surface area contributed by atoms with E-state index in [1.54, 1.807) is 0 Å². The molecule has 4 atom stereocenters. The number of nitrogens with one attached hydrogen (secondary N) is 1. The molecule has 2 saturated heterocycles. The summed E-state index contributed by atoms with van der Waals surface area (Å²) < 4.78 is 9.78. The molecule has 2 amide bonds. The van der Waals surface area contributed by atoms with Crippen LogP contribution in [0, 0.1) is 23.7 Å². The highest BCUT2D eigenvalue weighted by atomic mass is 16.5.